The monoisotopic (exact) mass is 192 g/mol. The highest BCUT2D eigenvalue weighted by Gasteiger charge is 2.05. The summed E-state index contributed by atoms with van der Waals surface area (Å²) in [4.78, 5) is 0. The molecule has 0 amide bonds. The quantitative estimate of drug-likeness (QED) is 0.732. The van der Waals surface area contributed by atoms with Crippen LogP contribution < -0.4 is 9.47 Å². The zero-order valence-corrected chi connectivity index (χ0v) is 9.13. The van der Waals surface area contributed by atoms with Crippen LogP contribution in [0.1, 0.15) is 19.4 Å². The summed E-state index contributed by atoms with van der Waals surface area (Å²) < 4.78 is 10.4. The van der Waals surface area contributed by atoms with E-state index in [1.165, 1.54) is 5.57 Å². The molecule has 0 saturated heterocycles. The summed E-state index contributed by atoms with van der Waals surface area (Å²) in [6.45, 7) is 4.06. The van der Waals surface area contributed by atoms with Crippen molar-refractivity contribution in [2.24, 2.45) is 0 Å². The van der Waals surface area contributed by atoms with Crippen molar-refractivity contribution >= 4 is 5.57 Å². The Morgan fingerprint density at radius 3 is 2.43 bits per heavy atom. The third kappa shape index (κ3) is 2.08. The largest absolute Gasteiger partial charge is 0.497 e. The van der Waals surface area contributed by atoms with E-state index >= 15 is 0 Å². The molecule has 1 aromatic carbocycles. The van der Waals surface area contributed by atoms with Crippen LogP contribution in [0.25, 0.3) is 5.57 Å². The van der Waals surface area contributed by atoms with E-state index in [1.54, 1.807) is 14.2 Å². The van der Waals surface area contributed by atoms with Crippen LogP contribution in [0.2, 0.25) is 0 Å². The molecule has 0 bridgehead atoms. The van der Waals surface area contributed by atoms with Crippen LogP contribution >= 0.6 is 0 Å². The van der Waals surface area contributed by atoms with Crippen LogP contribution in [0.15, 0.2) is 24.3 Å². The average Bonchev–Trinajstić information content (AvgIpc) is 2.27. The Labute approximate surface area is 85.2 Å². The number of methoxy groups -OCH3 is 2. The van der Waals surface area contributed by atoms with Crippen molar-refractivity contribution in [2.75, 3.05) is 14.2 Å². The van der Waals surface area contributed by atoms with Gasteiger partial charge in [0.15, 0.2) is 0 Å². The highest BCUT2D eigenvalue weighted by molar-refractivity contribution is 5.70. The molecule has 0 atom stereocenters. The molecule has 0 aliphatic rings. The first kappa shape index (κ1) is 10.6. The van der Waals surface area contributed by atoms with Gasteiger partial charge in [-0.15, -0.1) is 0 Å². The molecule has 0 heterocycles. The van der Waals surface area contributed by atoms with E-state index in [-0.39, 0.29) is 0 Å². The fourth-order valence-corrected chi connectivity index (χ4v) is 1.28. The van der Waals surface area contributed by atoms with Crippen molar-refractivity contribution in [2.45, 2.75) is 13.8 Å². The van der Waals surface area contributed by atoms with Crippen molar-refractivity contribution in [3.05, 3.63) is 29.8 Å². The molecule has 0 radical (unpaired) electrons. The van der Waals surface area contributed by atoms with Crippen LogP contribution in [0, 0.1) is 0 Å². The number of rotatable bonds is 3. The second-order valence-electron chi connectivity index (χ2n) is 3.04. The number of ether oxygens (including phenoxy) is 2. The number of allylic oxidation sites excluding steroid dienone is 2. The lowest BCUT2D eigenvalue weighted by Gasteiger charge is -2.10. The van der Waals surface area contributed by atoms with E-state index in [2.05, 4.69) is 13.0 Å². The molecule has 1 rings (SSSR count). The van der Waals surface area contributed by atoms with Crippen molar-refractivity contribution < 1.29 is 9.47 Å². The molecule has 2 nitrogen and oxygen atoms in total. The van der Waals surface area contributed by atoms with Gasteiger partial charge in [-0.1, -0.05) is 6.08 Å². The molecule has 0 aliphatic carbocycles. The van der Waals surface area contributed by atoms with E-state index in [0.29, 0.717) is 0 Å². The topological polar surface area (TPSA) is 18.5 Å². The highest BCUT2D eigenvalue weighted by Crippen LogP contribution is 2.29. The maximum Gasteiger partial charge on any atom is 0.126 e. The van der Waals surface area contributed by atoms with Gasteiger partial charge in [-0.3, -0.25) is 0 Å². The first-order chi connectivity index (χ1) is 6.72. The first-order valence-electron chi connectivity index (χ1n) is 4.58. The van der Waals surface area contributed by atoms with Gasteiger partial charge < -0.3 is 9.47 Å². The smallest absolute Gasteiger partial charge is 0.126 e. The second kappa shape index (κ2) is 4.70. The Morgan fingerprint density at radius 2 is 1.93 bits per heavy atom. The Balaban J connectivity index is 3.21. The van der Waals surface area contributed by atoms with Gasteiger partial charge in [-0.25, -0.2) is 0 Å². The van der Waals surface area contributed by atoms with Crippen LogP contribution in [0.3, 0.4) is 0 Å². The summed E-state index contributed by atoms with van der Waals surface area (Å²) >= 11 is 0. The molecule has 0 spiro atoms. The van der Waals surface area contributed by atoms with E-state index in [1.807, 2.05) is 25.1 Å². The van der Waals surface area contributed by atoms with Crippen LogP contribution in [0.4, 0.5) is 0 Å². The Morgan fingerprint density at radius 1 is 1.21 bits per heavy atom. The van der Waals surface area contributed by atoms with Gasteiger partial charge in [-0.2, -0.15) is 0 Å². The molecule has 76 valence electrons. The SMILES string of the molecule is C/C=C(\C)c1cc(OC)ccc1OC. The normalized spacial score (nSPS) is 11.3. The average molecular weight is 192 g/mol. The van der Waals surface area contributed by atoms with E-state index in [4.69, 9.17) is 9.47 Å². The molecule has 0 unspecified atom stereocenters. The highest BCUT2D eigenvalue weighted by atomic mass is 16.5. The van der Waals surface area contributed by atoms with Crippen molar-refractivity contribution in [1.29, 1.82) is 0 Å². The second-order valence-corrected chi connectivity index (χ2v) is 3.04. The molecule has 0 fully saturated rings. The van der Waals surface area contributed by atoms with Gasteiger partial charge in [-0.05, 0) is 37.6 Å². The standard InChI is InChI=1S/C12H16O2/c1-5-9(2)11-8-10(13-3)6-7-12(11)14-4/h5-8H,1-4H3/b9-5+. The molecule has 2 heteroatoms. The maximum absolute atomic E-state index is 5.27. The number of hydrogen-bond donors (Lipinski definition) is 0. The zero-order valence-electron chi connectivity index (χ0n) is 9.13. The van der Waals surface area contributed by atoms with Crippen LogP contribution in [0.5, 0.6) is 11.5 Å². The van der Waals surface area contributed by atoms with E-state index in [0.717, 1.165) is 17.1 Å². The lowest BCUT2D eigenvalue weighted by atomic mass is 10.1. The molecule has 0 saturated carbocycles. The number of benzene rings is 1. The van der Waals surface area contributed by atoms with E-state index in [9.17, 15) is 0 Å². The van der Waals surface area contributed by atoms with Crippen LogP contribution in [-0.4, -0.2) is 14.2 Å². The summed E-state index contributed by atoms with van der Waals surface area (Å²) in [7, 11) is 3.34. The Bertz CT molecular complexity index is 340. The van der Waals surface area contributed by atoms with Crippen molar-refractivity contribution in [3.63, 3.8) is 0 Å². The third-order valence-corrected chi connectivity index (χ3v) is 2.26. The molecule has 14 heavy (non-hydrogen) atoms. The van der Waals surface area contributed by atoms with Gasteiger partial charge in [0.25, 0.3) is 0 Å². The van der Waals surface area contributed by atoms with Crippen LogP contribution in [-0.2, 0) is 0 Å². The summed E-state index contributed by atoms with van der Waals surface area (Å²) in [5.74, 6) is 1.73. The van der Waals surface area contributed by atoms with Crippen molar-refractivity contribution in [3.8, 4) is 11.5 Å². The third-order valence-electron chi connectivity index (χ3n) is 2.26. The zero-order chi connectivity index (χ0) is 10.6. The summed E-state index contributed by atoms with van der Waals surface area (Å²) in [6, 6.07) is 5.79. The lowest BCUT2D eigenvalue weighted by molar-refractivity contribution is 0.402. The van der Waals surface area contributed by atoms with E-state index < -0.39 is 0 Å². The van der Waals surface area contributed by atoms with Crippen molar-refractivity contribution in [1.82, 2.24) is 0 Å². The first-order valence-corrected chi connectivity index (χ1v) is 4.58. The summed E-state index contributed by atoms with van der Waals surface area (Å²) in [6.07, 6.45) is 2.05. The molecule has 0 aromatic heterocycles. The summed E-state index contributed by atoms with van der Waals surface area (Å²) in [5, 5.41) is 0. The fourth-order valence-electron chi connectivity index (χ4n) is 1.28. The van der Waals surface area contributed by atoms with Gasteiger partial charge in [0.05, 0.1) is 14.2 Å². The van der Waals surface area contributed by atoms with Gasteiger partial charge in [0.1, 0.15) is 11.5 Å². The number of hydrogen-bond acceptors (Lipinski definition) is 2. The molecule has 0 aliphatic heterocycles. The lowest BCUT2D eigenvalue weighted by Crippen LogP contribution is -1.91. The molecular weight excluding hydrogens is 176 g/mol. The summed E-state index contributed by atoms with van der Waals surface area (Å²) in [5.41, 5.74) is 2.26. The Hall–Kier alpha value is -1.44. The minimum Gasteiger partial charge on any atom is -0.497 e. The predicted molar refractivity (Wildman–Crippen MR) is 58.9 cm³/mol. The predicted octanol–water partition coefficient (Wildman–Crippen LogP) is 3.13. The van der Waals surface area contributed by atoms with Gasteiger partial charge in [0.2, 0.25) is 0 Å². The molecule has 1 aromatic rings. The minimum absolute atomic E-state index is 0.849. The van der Waals surface area contributed by atoms with Gasteiger partial charge >= 0.3 is 0 Å². The molecule has 0 N–H and O–H groups in total. The minimum atomic E-state index is 0.849. The fraction of sp³-hybridized carbons (Fsp3) is 0.333. The molecular formula is C12H16O2. The Kier molecular flexibility index (Phi) is 3.57. The van der Waals surface area contributed by atoms with Gasteiger partial charge in [0, 0.05) is 5.56 Å². The maximum atomic E-state index is 5.27.